The number of imide groups is 1. The van der Waals surface area contributed by atoms with Gasteiger partial charge in [-0.1, -0.05) is 19.9 Å². The molecule has 2 aliphatic rings. The number of hydrogen-bond donors (Lipinski definition) is 4. The maximum absolute atomic E-state index is 14.2. The van der Waals surface area contributed by atoms with Crippen molar-refractivity contribution in [1.29, 1.82) is 0 Å². The number of piperidine rings is 1. The van der Waals surface area contributed by atoms with Crippen LogP contribution in [0.15, 0.2) is 30.1 Å². The number of halogens is 1. The lowest BCUT2D eigenvalue weighted by Gasteiger charge is -2.35. The predicted molar refractivity (Wildman–Crippen MR) is 138 cm³/mol. The predicted octanol–water partition coefficient (Wildman–Crippen LogP) is 3.43. The Hall–Kier alpha value is -2.65. The first-order valence-corrected chi connectivity index (χ1v) is 13.3. The summed E-state index contributed by atoms with van der Waals surface area (Å²) in [5.41, 5.74) is 7.06. The van der Waals surface area contributed by atoms with Crippen molar-refractivity contribution in [2.75, 3.05) is 19.7 Å². The molecule has 1 aliphatic carbocycles. The molecule has 200 valence electrons. The Bertz CT molecular complexity index is 936. The van der Waals surface area contributed by atoms with Gasteiger partial charge < -0.3 is 20.8 Å². The Morgan fingerprint density at radius 2 is 2.11 bits per heavy atom. The van der Waals surface area contributed by atoms with E-state index >= 15 is 0 Å². The second-order valence-electron chi connectivity index (χ2n) is 10.1. The third-order valence-electron chi connectivity index (χ3n) is 7.46. The molecule has 2 amide bonds. The van der Waals surface area contributed by atoms with E-state index in [4.69, 9.17) is 16.3 Å². The molecule has 36 heavy (non-hydrogen) atoms. The van der Waals surface area contributed by atoms with E-state index in [1.807, 2.05) is 6.92 Å². The molecule has 2 atom stereocenters. The number of carbonyl (C=O) groups is 2. The summed E-state index contributed by atoms with van der Waals surface area (Å²) in [6, 6.07) is 5.08. The quantitative estimate of drug-likeness (QED) is 0.125. The number of nitrogens with one attached hydrogen (secondary N) is 2. The van der Waals surface area contributed by atoms with Gasteiger partial charge in [0, 0.05) is 30.8 Å². The zero-order valence-electron chi connectivity index (χ0n) is 21.7. The Balaban J connectivity index is 1.47. The van der Waals surface area contributed by atoms with Crippen molar-refractivity contribution in [3.8, 4) is 5.75 Å². The minimum absolute atomic E-state index is 0.104. The van der Waals surface area contributed by atoms with Gasteiger partial charge in [0.25, 0.3) is 0 Å². The molecule has 1 saturated heterocycles. The lowest BCUT2D eigenvalue weighted by Crippen LogP contribution is -2.61. The lowest BCUT2D eigenvalue weighted by molar-refractivity contribution is -0.138. The van der Waals surface area contributed by atoms with Crippen LogP contribution in [0.3, 0.4) is 0 Å². The van der Waals surface area contributed by atoms with Gasteiger partial charge in [0.1, 0.15) is 0 Å². The van der Waals surface area contributed by atoms with Gasteiger partial charge in [-0.25, -0.2) is 10.2 Å². The second kappa shape index (κ2) is 13.1. The number of carbonyl (C=O) groups excluding carboxylic acids is 2. The Kier molecular flexibility index (Phi) is 10.1. The SMILES string of the molecule is CCC(CN(N)/C(=C\N)CCCCNC1(CC)CCC(=O)NC1=O)c1ccc(F)c(OCC2CC2)c1. The first-order valence-electron chi connectivity index (χ1n) is 13.3. The van der Waals surface area contributed by atoms with Crippen LogP contribution in [0.5, 0.6) is 5.75 Å². The van der Waals surface area contributed by atoms with E-state index in [-0.39, 0.29) is 23.5 Å². The van der Waals surface area contributed by atoms with E-state index in [1.165, 1.54) is 6.07 Å². The minimum Gasteiger partial charge on any atom is -0.490 e. The molecule has 8 nitrogen and oxygen atoms in total. The van der Waals surface area contributed by atoms with Gasteiger partial charge in [0.05, 0.1) is 12.1 Å². The van der Waals surface area contributed by atoms with Gasteiger partial charge in [0.2, 0.25) is 11.8 Å². The number of hydrazine groups is 1. The fraction of sp³-hybridized carbons (Fsp3) is 0.630. The highest BCUT2D eigenvalue weighted by atomic mass is 19.1. The van der Waals surface area contributed by atoms with Crippen molar-refractivity contribution in [2.45, 2.75) is 83.1 Å². The third kappa shape index (κ3) is 7.43. The molecular weight excluding hydrogens is 461 g/mol. The summed E-state index contributed by atoms with van der Waals surface area (Å²) < 4.78 is 19.9. The Morgan fingerprint density at radius 1 is 1.33 bits per heavy atom. The van der Waals surface area contributed by atoms with Gasteiger partial charge in [-0.05, 0) is 81.5 Å². The van der Waals surface area contributed by atoms with Crippen molar-refractivity contribution in [3.63, 3.8) is 0 Å². The molecule has 0 bridgehead atoms. The van der Waals surface area contributed by atoms with Crippen molar-refractivity contribution < 1.29 is 18.7 Å². The number of amides is 2. The Morgan fingerprint density at radius 3 is 2.75 bits per heavy atom. The summed E-state index contributed by atoms with van der Waals surface area (Å²) in [6.45, 7) is 5.82. The van der Waals surface area contributed by atoms with Crippen LogP contribution in [0.1, 0.15) is 83.1 Å². The van der Waals surface area contributed by atoms with E-state index in [1.54, 1.807) is 23.3 Å². The summed E-state index contributed by atoms with van der Waals surface area (Å²) in [4.78, 5) is 23.8. The van der Waals surface area contributed by atoms with Gasteiger partial charge in [-0.2, -0.15) is 0 Å². The standard InChI is InChI=1S/C27H42FN5O3/c1-3-20(21-10-11-23(28)24(15-21)36-18-19-8-9-19)17-33(30)22(16-29)7-5-6-14-31-27(4-2)13-12-25(34)32-26(27)35/h10-11,15-16,19-20,31H,3-9,12-14,17-18,29-30H2,1-2H3,(H,32,34,35)/b22-16-. The van der Waals surface area contributed by atoms with Crippen molar-refractivity contribution in [3.05, 3.63) is 41.5 Å². The average molecular weight is 504 g/mol. The summed E-state index contributed by atoms with van der Waals surface area (Å²) in [5.74, 6) is 6.59. The molecule has 1 aromatic rings. The smallest absolute Gasteiger partial charge is 0.246 e. The summed E-state index contributed by atoms with van der Waals surface area (Å²) in [7, 11) is 0. The van der Waals surface area contributed by atoms with E-state index in [9.17, 15) is 14.0 Å². The number of hydrogen-bond acceptors (Lipinski definition) is 7. The molecular formula is C27H42FN5O3. The van der Waals surface area contributed by atoms with Crippen LogP contribution in [0.25, 0.3) is 0 Å². The topological polar surface area (TPSA) is 123 Å². The van der Waals surface area contributed by atoms with E-state index in [0.717, 1.165) is 43.4 Å². The molecule has 3 rings (SSSR count). The normalized spacial score (nSPS) is 21.3. The Labute approximate surface area is 214 Å². The molecule has 6 N–H and O–H groups in total. The zero-order chi connectivity index (χ0) is 26.1. The van der Waals surface area contributed by atoms with Crippen molar-refractivity contribution >= 4 is 11.8 Å². The average Bonchev–Trinajstić information content (AvgIpc) is 3.70. The van der Waals surface area contributed by atoms with Crippen LogP contribution >= 0.6 is 0 Å². The first kappa shape index (κ1) is 27.9. The number of benzene rings is 1. The minimum atomic E-state index is -0.676. The van der Waals surface area contributed by atoms with Crippen LogP contribution in [0.2, 0.25) is 0 Å². The number of rotatable bonds is 15. The van der Waals surface area contributed by atoms with Gasteiger partial charge >= 0.3 is 0 Å². The molecule has 2 fully saturated rings. The molecule has 1 saturated carbocycles. The highest BCUT2D eigenvalue weighted by molar-refractivity contribution is 6.02. The van der Waals surface area contributed by atoms with Gasteiger partial charge in [0.15, 0.2) is 11.6 Å². The highest BCUT2D eigenvalue weighted by Gasteiger charge is 2.40. The maximum atomic E-state index is 14.2. The largest absolute Gasteiger partial charge is 0.490 e. The molecule has 9 heteroatoms. The molecule has 1 aliphatic heterocycles. The van der Waals surface area contributed by atoms with E-state index in [2.05, 4.69) is 17.6 Å². The van der Waals surface area contributed by atoms with Gasteiger partial charge in [-0.15, -0.1) is 0 Å². The molecule has 0 spiro atoms. The molecule has 1 heterocycles. The first-order chi connectivity index (χ1) is 17.3. The summed E-state index contributed by atoms with van der Waals surface area (Å²) >= 11 is 0. The van der Waals surface area contributed by atoms with Crippen LogP contribution in [-0.2, 0) is 9.59 Å². The molecule has 1 aromatic carbocycles. The molecule has 0 radical (unpaired) electrons. The monoisotopic (exact) mass is 503 g/mol. The summed E-state index contributed by atoms with van der Waals surface area (Å²) in [5, 5.41) is 7.50. The maximum Gasteiger partial charge on any atom is 0.246 e. The van der Waals surface area contributed by atoms with E-state index in [0.29, 0.717) is 57.0 Å². The van der Waals surface area contributed by atoms with Crippen LogP contribution in [-0.4, -0.2) is 42.1 Å². The highest BCUT2D eigenvalue weighted by Crippen LogP contribution is 2.32. The van der Waals surface area contributed by atoms with E-state index < -0.39 is 5.54 Å². The summed E-state index contributed by atoms with van der Waals surface area (Å²) in [6.07, 6.45) is 8.59. The lowest BCUT2D eigenvalue weighted by atomic mass is 9.86. The van der Waals surface area contributed by atoms with Crippen LogP contribution in [0.4, 0.5) is 4.39 Å². The third-order valence-corrected chi connectivity index (χ3v) is 7.46. The number of nitrogens with zero attached hydrogens (tertiary/aromatic N) is 1. The fourth-order valence-electron chi connectivity index (χ4n) is 4.66. The molecule has 0 aromatic heterocycles. The van der Waals surface area contributed by atoms with Crippen LogP contribution in [0, 0.1) is 11.7 Å². The molecule has 2 unspecified atom stereocenters. The number of unbranched alkanes of at least 4 members (excludes halogenated alkanes) is 1. The fourth-order valence-corrected chi connectivity index (χ4v) is 4.66. The van der Waals surface area contributed by atoms with Crippen molar-refractivity contribution in [2.24, 2.45) is 17.5 Å². The zero-order valence-corrected chi connectivity index (χ0v) is 21.7. The second-order valence-corrected chi connectivity index (χ2v) is 10.1. The number of nitrogens with two attached hydrogens (primary N) is 2. The van der Waals surface area contributed by atoms with Crippen molar-refractivity contribution in [1.82, 2.24) is 15.6 Å². The van der Waals surface area contributed by atoms with Gasteiger partial charge in [-0.3, -0.25) is 14.9 Å². The van der Waals surface area contributed by atoms with Crippen LogP contribution < -0.4 is 26.9 Å². The number of allylic oxidation sites excluding steroid dienone is 1. The number of ether oxygens (including phenoxy) is 1.